The molecule has 4 rings (SSSR count). The standard InChI is InChI=1S/C34H34ClN3O5/c35-27-16-17-31(43-19-18-36-23-26-14-8-3-9-15-26)28(22-27)32(39)37-29(20-24-10-4-1-5-11-24)33(40)38-30(34(41)42)21-25-12-6-2-7-13-25/h1-17,22,29-30,36H,18-21,23H2,(H,37,39)(H,38,40)(H,41,42)/t29-,30-/m0/s1. The highest BCUT2D eigenvalue weighted by Gasteiger charge is 2.28. The highest BCUT2D eigenvalue weighted by Crippen LogP contribution is 2.23. The van der Waals surface area contributed by atoms with Gasteiger partial charge in [-0.3, -0.25) is 9.59 Å². The Hall–Kier alpha value is -4.66. The van der Waals surface area contributed by atoms with Crippen LogP contribution in [0.4, 0.5) is 0 Å². The fourth-order valence-corrected chi connectivity index (χ4v) is 4.66. The summed E-state index contributed by atoms with van der Waals surface area (Å²) in [5, 5.41) is 18.9. The summed E-state index contributed by atoms with van der Waals surface area (Å²) in [7, 11) is 0. The van der Waals surface area contributed by atoms with Crippen molar-refractivity contribution in [2.45, 2.75) is 31.5 Å². The third-order valence-corrected chi connectivity index (χ3v) is 6.93. The summed E-state index contributed by atoms with van der Waals surface area (Å²) in [6.45, 7) is 1.51. The van der Waals surface area contributed by atoms with E-state index in [1.54, 1.807) is 36.4 Å². The summed E-state index contributed by atoms with van der Waals surface area (Å²) in [6, 6.07) is 30.6. The van der Waals surface area contributed by atoms with Gasteiger partial charge in [0.15, 0.2) is 0 Å². The van der Waals surface area contributed by atoms with E-state index < -0.39 is 29.9 Å². The Bertz CT molecular complexity index is 1490. The van der Waals surface area contributed by atoms with Crippen LogP contribution in [0, 0.1) is 0 Å². The molecule has 0 aliphatic carbocycles. The molecule has 0 fully saturated rings. The van der Waals surface area contributed by atoms with Crippen LogP contribution in [0.15, 0.2) is 109 Å². The number of nitrogens with one attached hydrogen (secondary N) is 3. The lowest BCUT2D eigenvalue weighted by Gasteiger charge is -2.22. The third-order valence-electron chi connectivity index (χ3n) is 6.70. The van der Waals surface area contributed by atoms with Gasteiger partial charge < -0.3 is 25.8 Å². The van der Waals surface area contributed by atoms with Crippen LogP contribution in [0.5, 0.6) is 5.75 Å². The maximum absolute atomic E-state index is 13.5. The van der Waals surface area contributed by atoms with E-state index >= 15 is 0 Å². The number of amides is 2. The number of carbonyl (C=O) groups excluding carboxylic acids is 2. The first-order chi connectivity index (χ1) is 20.9. The smallest absolute Gasteiger partial charge is 0.326 e. The molecule has 0 bridgehead atoms. The maximum Gasteiger partial charge on any atom is 0.326 e. The zero-order valence-corrected chi connectivity index (χ0v) is 24.3. The number of halogens is 1. The number of ether oxygens (including phenoxy) is 1. The number of benzene rings is 4. The Morgan fingerprint density at radius 3 is 1.86 bits per heavy atom. The number of carboxylic acid groups (broad SMARTS) is 1. The van der Waals surface area contributed by atoms with Crippen LogP contribution in [0.3, 0.4) is 0 Å². The molecule has 4 aromatic carbocycles. The molecule has 0 aliphatic heterocycles. The van der Waals surface area contributed by atoms with Crippen molar-refractivity contribution >= 4 is 29.4 Å². The molecule has 222 valence electrons. The molecule has 2 atom stereocenters. The average molecular weight is 600 g/mol. The van der Waals surface area contributed by atoms with E-state index in [4.69, 9.17) is 16.3 Å². The van der Waals surface area contributed by atoms with Crippen molar-refractivity contribution in [2.75, 3.05) is 13.2 Å². The van der Waals surface area contributed by atoms with Gasteiger partial charge in [0, 0.05) is 31.0 Å². The maximum atomic E-state index is 13.5. The molecule has 0 aliphatic rings. The van der Waals surface area contributed by atoms with Crippen molar-refractivity contribution in [3.63, 3.8) is 0 Å². The van der Waals surface area contributed by atoms with Crippen LogP contribution >= 0.6 is 11.6 Å². The molecule has 4 N–H and O–H groups in total. The predicted molar refractivity (Wildman–Crippen MR) is 166 cm³/mol. The van der Waals surface area contributed by atoms with E-state index in [0.717, 1.165) is 16.7 Å². The molecule has 8 nitrogen and oxygen atoms in total. The normalized spacial score (nSPS) is 12.1. The van der Waals surface area contributed by atoms with E-state index in [9.17, 15) is 19.5 Å². The molecule has 0 saturated heterocycles. The third kappa shape index (κ3) is 9.99. The van der Waals surface area contributed by atoms with Crippen LogP contribution < -0.4 is 20.7 Å². The molecule has 9 heteroatoms. The lowest BCUT2D eigenvalue weighted by atomic mass is 10.0. The number of carboxylic acids is 1. The quantitative estimate of drug-likeness (QED) is 0.148. The van der Waals surface area contributed by atoms with Gasteiger partial charge in [0.25, 0.3) is 5.91 Å². The first-order valence-corrected chi connectivity index (χ1v) is 14.4. The molecule has 43 heavy (non-hydrogen) atoms. The molecule has 0 aromatic heterocycles. The van der Waals surface area contributed by atoms with Gasteiger partial charge in [-0.25, -0.2) is 4.79 Å². The first kappa shape index (κ1) is 31.3. The molecule has 0 saturated carbocycles. The molecular weight excluding hydrogens is 566 g/mol. The molecule has 0 radical (unpaired) electrons. The van der Waals surface area contributed by atoms with E-state index in [1.807, 2.05) is 66.7 Å². The highest BCUT2D eigenvalue weighted by molar-refractivity contribution is 6.31. The number of carbonyl (C=O) groups is 3. The van der Waals surface area contributed by atoms with Crippen LogP contribution in [-0.4, -0.2) is 48.1 Å². The lowest BCUT2D eigenvalue weighted by Crippen LogP contribution is -2.53. The van der Waals surface area contributed by atoms with E-state index in [-0.39, 0.29) is 18.4 Å². The van der Waals surface area contributed by atoms with Gasteiger partial charge in [-0.2, -0.15) is 0 Å². The highest BCUT2D eigenvalue weighted by atomic mass is 35.5. The second-order valence-corrected chi connectivity index (χ2v) is 10.4. The topological polar surface area (TPSA) is 117 Å². The second kappa shape index (κ2) is 16.1. The summed E-state index contributed by atoms with van der Waals surface area (Å²) in [5.41, 5.74) is 2.87. The zero-order valence-electron chi connectivity index (χ0n) is 23.5. The number of rotatable bonds is 15. The SMILES string of the molecule is O=C(N[C@@H](Cc1ccccc1)C(=O)N[C@@H](Cc1ccccc1)C(=O)O)c1cc(Cl)ccc1OCCNCc1ccccc1. The largest absolute Gasteiger partial charge is 0.491 e. The molecule has 2 amide bonds. The van der Waals surface area contributed by atoms with Crippen molar-refractivity contribution in [3.8, 4) is 5.75 Å². The van der Waals surface area contributed by atoms with Gasteiger partial charge in [-0.15, -0.1) is 0 Å². The van der Waals surface area contributed by atoms with Crippen LogP contribution in [-0.2, 0) is 29.0 Å². The minimum atomic E-state index is -1.18. The fourth-order valence-electron chi connectivity index (χ4n) is 4.48. The molecular formula is C34H34ClN3O5. The van der Waals surface area contributed by atoms with Crippen LogP contribution in [0.1, 0.15) is 27.0 Å². The number of aliphatic carboxylic acids is 1. The Morgan fingerprint density at radius 1 is 0.721 bits per heavy atom. The minimum Gasteiger partial charge on any atom is -0.491 e. The molecule has 0 unspecified atom stereocenters. The van der Waals surface area contributed by atoms with Gasteiger partial charge in [-0.05, 0) is 34.9 Å². The van der Waals surface area contributed by atoms with Crippen molar-refractivity contribution in [2.24, 2.45) is 0 Å². The van der Waals surface area contributed by atoms with Crippen LogP contribution in [0.2, 0.25) is 5.02 Å². The zero-order chi connectivity index (χ0) is 30.4. The van der Waals surface area contributed by atoms with Crippen molar-refractivity contribution in [1.29, 1.82) is 0 Å². The Labute approximate surface area is 256 Å². The predicted octanol–water partition coefficient (Wildman–Crippen LogP) is 4.66. The van der Waals surface area contributed by atoms with Gasteiger partial charge in [0.05, 0.1) is 5.56 Å². The summed E-state index contributed by atoms with van der Waals surface area (Å²) in [6.07, 6.45) is 0.245. The minimum absolute atomic E-state index is 0.0957. The van der Waals surface area contributed by atoms with Gasteiger partial charge in [0.1, 0.15) is 24.4 Å². The summed E-state index contributed by atoms with van der Waals surface area (Å²) < 4.78 is 5.91. The van der Waals surface area contributed by atoms with E-state index in [2.05, 4.69) is 16.0 Å². The molecule has 4 aromatic rings. The molecule has 0 spiro atoms. The number of hydrogen-bond acceptors (Lipinski definition) is 5. The van der Waals surface area contributed by atoms with Crippen molar-refractivity contribution in [1.82, 2.24) is 16.0 Å². The fraction of sp³-hybridized carbons (Fsp3) is 0.206. The van der Waals surface area contributed by atoms with Gasteiger partial charge in [0.2, 0.25) is 5.91 Å². The van der Waals surface area contributed by atoms with Crippen LogP contribution in [0.25, 0.3) is 0 Å². The lowest BCUT2D eigenvalue weighted by molar-refractivity contribution is -0.142. The Balaban J connectivity index is 1.45. The molecule has 0 heterocycles. The Kier molecular flexibility index (Phi) is 11.7. The van der Waals surface area contributed by atoms with Gasteiger partial charge in [-0.1, -0.05) is 103 Å². The number of hydrogen-bond donors (Lipinski definition) is 4. The van der Waals surface area contributed by atoms with Crippen molar-refractivity contribution < 1.29 is 24.2 Å². The monoisotopic (exact) mass is 599 g/mol. The summed E-state index contributed by atoms with van der Waals surface area (Å²) in [5.74, 6) is -2.04. The van der Waals surface area contributed by atoms with E-state index in [0.29, 0.717) is 30.5 Å². The first-order valence-electron chi connectivity index (χ1n) is 14.0. The van der Waals surface area contributed by atoms with E-state index in [1.165, 1.54) is 6.07 Å². The second-order valence-electron chi connectivity index (χ2n) is 9.96. The average Bonchev–Trinajstić information content (AvgIpc) is 3.02. The summed E-state index contributed by atoms with van der Waals surface area (Å²) >= 11 is 6.23. The van der Waals surface area contributed by atoms with Gasteiger partial charge >= 0.3 is 5.97 Å². The Morgan fingerprint density at radius 2 is 1.28 bits per heavy atom. The summed E-state index contributed by atoms with van der Waals surface area (Å²) in [4.78, 5) is 39.1. The van der Waals surface area contributed by atoms with Crippen molar-refractivity contribution in [3.05, 3.63) is 136 Å².